The van der Waals surface area contributed by atoms with Gasteiger partial charge in [0.15, 0.2) is 5.13 Å². The Hall–Kier alpha value is -3.76. The van der Waals surface area contributed by atoms with Gasteiger partial charge in [-0.2, -0.15) is 0 Å². The van der Waals surface area contributed by atoms with Crippen LogP contribution in [0.25, 0.3) is 22.4 Å². The summed E-state index contributed by atoms with van der Waals surface area (Å²) in [7, 11) is -3.51. The quantitative estimate of drug-likeness (QED) is 0.371. The van der Waals surface area contributed by atoms with Gasteiger partial charge in [0, 0.05) is 29.4 Å². The lowest BCUT2D eigenvalue weighted by atomic mass is 9.99. The van der Waals surface area contributed by atoms with E-state index in [0.717, 1.165) is 32.6 Å². The predicted octanol–water partition coefficient (Wildman–Crippen LogP) is 4.86. The number of amides is 2. The third-order valence-electron chi connectivity index (χ3n) is 6.60. The molecule has 196 valence electrons. The van der Waals surface area contributed by atoms with E-state index < -0.39 is 16.1 Å². The molecule has 1 aliphatic heterocycles. The highest BCUT2D eigenvalue weighted by Crippen LogP contribution is 2.31. The molecule has 1 atom stereocenters. The molecule has 2 aromatic carbocycles. The fraction of sp³-hybridized carbons (Fsp3) is 0.250. The van der Waals surface area contributed by atoms with Gasteiger partial charge in [-0.05, 0) is 50.5 Å². The Morgan fingerprint density at radius 2 is 1.71 bits per heavy atom. The first-order chi connectivity index (χ1) is 18.0. The number of rotatable bonds is 6. The van der Waals surface area contributed by atoms with Gasteiger partial charge in [0.2, 0.25) is 15.9 Å². The van der Waals surface area contributed by atoms with E-state index in [0.29, 0.717) is 23.8 Å². The van der Waals surface area contributed by atoms with Crippen LogP contribution < -0.4 is 5.32 Å². The van der Waals surface area contributed by atoms with Gasteiger partial charge in [-0.25, -0.2) is 17.4 Å². The third kappa shape index (κ3) is 5.14. The van der Waals surface area contributed by atoms with Crippen LogP contribution >= 0.6 is 11.3 Å². The van der Waals surface area contributed by atoms with Crippen molar-refractivity contribution < 1.29 is 18.0 Å². The molecule has 10 heteroatoms. The van der Waals surface area contributed by atoms with Crippen molar-refractivity contribution in [1.29, 1.82) is 0 Å². The molecule has 0 spiro atoms. The lowest BCUT2D eigenvalue weighted by molar-refractivity contribution is -0.123. The minimum atomic E-state index is -3.51. The van der Waals surface area contributed by atoms with E-state index in [9.17, 15) is 18.0 Å². The zero-order valence-electron chi connectivity index (χ0n) is 21.6. The number of anilines is 1. The van der Waals surface area contributed by atoms with Crippen LogP contribution in [0.5, 0.6) is 0 Å². The van der Waals surface area contributed by atoms with Crippen LogP contribution in [0.1, 0.15) is 33.6 Å². The predicted molar refractivity (Wildman–Crippen MR) is 150 cm³/mol. The van der Waals surface area contributed by atoms with Crippen molar-refractivity contribution in [3.8, 4) is 22.4 Å². The van der Waals surface area contributed by atoms with Crippen LogP contribution in [0.15, 0.2) is 60.1 Å². The number of aryl methyl sites for hydroxylation is 3. The van der Waals surface area contributed by atoms with Crippen molar-refractivity contribution in [2.75, 3.05) is 18.1 Å². The van der Waals surface area contributed by atoms with Crippen molar-refractivity contribution in [2.24, 2.45) is 0 Å². The molecule has 4 aromatic rings. The van der Waals surface area contributed by atoms with E-state index >= 15 is 0 Å². The number of carbonyl (C=O) groups excluding carboxylic acids is 2. The Morgan fingerprint density at radius 3 is 2.34 bits per heavy atom. The average Bonchev–Trinajstić information content (AvgIpc) is 3.44. The molecular formula is C28H28N4O4S2. The first-order valence-electron chi connectivity index (χ1n) is 12.2. The Labute approximate surface area is 226 Å². The second-order valence-electron chi connectivity index (χ2n) is 9.72. The van der Waals surface area contributed by atoms with Gasteiger partial charge in [0.05, 0.1) is 17.5 Å². The molecule has 1 N–H and O–H groups in total. The lowest BCUT2D eigenvalue weighted by Gasteiger charge is -2.39. The van der Waals surface area contributed by atoms with E-state index in [-0.39, 0.29) is 17.4 Å². The summed E-state index contributed by atoms with van der Waals surface area (Å²) in [6.45, 7) is 6.21. The molecule has 0 radical (unpaired) electrons. The van der Waals surface area contributed by atoms with Gasteiger partial charge in [-0.3, -0.25) is 9.59 Å². The largest absolute Gasteiger partial charge is 0.326 e. The van der Waals surface area contributed by atoms with Crippen LogP contribution in [-0.2, 0) is 14.8 Å². The van der Waals surface area contributed by atoms with Gasteiger partial charge < -0.3 is 10.2 Å². The fourth-order valence-corrected chi connectivity index (χ4v) is 6.35. The highest BCUT2D eigenvalue weighted by molar-refractivity contribution is 7.89. The van der Waals surface area contributed by atoms with E-state index in [1.165, 1.54) is 39.6 Å². The average molecular weight is 549 g/mol. The van der Waals surface area contributed by atoms with E-state index in [4.69, 9.17) is 0 Å². The van der Waals surface area contributed by atoms with Gasteiger partial charge >= 0.3 is 0 Å². The van der Waals surface area contributed by atoms with Crippen LogP contribution in [0.4, 0.5) is 5.13 Å². The van der Waals surface area contributed by atoms with E-state index in [1.54, 1.807) is 6.92 Å². The minimum Gasteiger partial charge on any atom is -0.326 e. The maximum atomic E-state index is 13.0. The number of aromatic nitrogens is 2. The van der Waals surface area contributed by atoms with Gasteiger partial charge in [-0.1, -0.05) is 47.5 Å². The van der Waals surface area contributed by atoms with Crippen LogP contribution in [0.3, 0.4) is 0 Å². The summed E-state index contributed by atoms with van der Waals surface area (Å²) in [5.74, 6) is -0.682. The number of thiazole rings is 1. The molecule has 0 aliphatic carbocycles. The Morgan fingerprint density at radius 1 is 1.00 bits per heavy atom. The van der Waals surface area contributed by atoms with E-state index in [2.05, 4.69) is 54.5 Å². The lowest BCUT2D eigenvalue weighted by Crippen LogP contribution is -2.56. The molecule has 0 unspecified atom stereocenters. The first-order valence-corrected chi connectivity index (χ1v) is 14.9. The normalized spacial score (nSPS) is 15.3. The molecule has 0 bridgehead atoms. The highest BCUT2D eigenvalue weighted by atomic mass is 32.2. The van der Waals surface area contributed by atoms with E-state index in [1.807, 2.05) is 17.5 Å². The number of nitrogens with one attached hydrogen (secondary N) is 1. The Bertz CT molecular complexity index is 1650. The third-order valence-corrected chi connectivity index (χ3v) is 8.47. The Balaban J connectivity index is 1.28. The number of hydrogen-bond donors (Lipinski definition) is 1. The number of benzene rings is 2. The van der Waals surface area contributed by atoms with Crippen molar-refractivity contribution in [1.82, 2.24) is 13.9 Å². The smallest absolute Gasteiger partial charge is 0.256 e. The maximum absolute atomic E-state index is 13.0. The fourth-order valence-electron chi connectivity index (χ4n) is 4.75. The van der Waals surface area contributed by atoms with Gasteiger partial charge in [-0.15, -0.1) is 11.3 Å². The second-order valence-corrected chi connectivity index (χ2v) is 12.4. The molecule has 38 heavy (non-hydrogen) atoms. The zero-order valence-corrected chi connectivity index (χ0v) is 23.2. The molecule has 2 aromatic heterocycles. The summed E-state index contributed by atoms with van der Waals surface area (Å²) in [4.78, 5) is 32.0. The van der Waals surface area contributed by atoms with Gasteiger partial charge in [0.1, 0.15) is 6.04 Å². The summed E-state index contributed by atoms with van der Waals surface area (Å²) in [6.07, 6.45) is 2.91. The first kappa shape index (κ1) is 25.9. The molecule has 3 heterocycles. The maximum Gasteiger partial charge on any atom is 0.256 e. The molecule has 1 aliphatic rings. The summed E-state index contributed by atoms with van der Waals surface area (Å²) in [6, 6.07) is 15.5. The standard InChI is InChI=1S/C28H28N4O4S2/c1-17-10-18(2)12-22(11-17)20-6-5-7-21(14-20)24-16-37-28(29-24)30-26(33)25-8-9-31(25)27(34)23-13-19(3)32(15-23)38(4,35)36/h5-7,10-16,25H,8-9H2,1-4H3,(H,29,30,33)/t25-/m0/s1. The second kappa shape index (κ2) is 9.85. The molecular weight excluding hydrogens is 520 g/mol. The molecule has 0 saturated carbocycles. The molecule has 2 amide bonds. The summed E-state index contributed by atoms with van der Waals surface area (Å²) >= 11 is 1.33. The summed E-state index contributed by atoms with van der Waals surface area (Å²) in [5, 5.41) is 5.20. The molecule has 8 nitrogen and oxygen atoms in total. The van der Waals surface area contributed by atoms with Gasteiger partial charge in [0.25, 0.3) is 5.91 Å². The Kier molecular flexibility index (Phi) is 6.70. The monoisotopic (exact) mass is 548 g/mol. The number of nitrogens with zero attached hydrogens (tertiary/aromatic N) is 3. The molecule has 5 rings (SSSR count). The van der Waals surface area contributed by atoms with Crippen LogP contribution in [-0.4, -0.2) is 52.9 Å². The molecule has 1 saturated heterocycles. The van der Waals surface area contributed by atoms with Crippen molar-refractivity contribution in [3.63, 3.8) is 0 Å². The SMILES string of the molecule is Cc1cc(C)cc(-c2cccc(-c3csc(NC(=O)[C@@H]4CCN4C(=O)c4cc(C)n(S(C)(=O)=O)c4)n3)c2)c1. The van der Waals surface area contributed by atoms with Crippen molar-refractivity contribution >= 4 is 38.3 Å². The van der Waals surface area contributed by atoms with Crippen LogP contribution in [0, 0.1) is 20.8 Å². The van der Waals surface area contributed by atoms with Crippen molar-refractivity contribution in [3.05, 3.63) is 82.5 Å². The van der Waals surface area contributed by atoms with Crippen molar-refractivity contribution in [2.45, 2.75) is 33.2 Å². The molecule has 1 fully saturated rings. The van der Waals surface area contributed by atoms with Crippen LogP contribution in [0.2, 0.25) is 0 Å². The number of hydrogen-bond acceptors (Lipinski definition) is 6. The summed E-state index contributed by atoms with van der Waals surface area (Å²) in [5.41, 5.74) is 7.04. The highest BCUT2D eigenvalue weighted by Gasteiger charge is 2.38. The number of carbonyl (C=O) groups is 2. The summed E-state index contributed by atoms with van der Waals surface area (Å²) < 4.78 is 24.9. The number of likely N-dealkylation sites (tertiary alicyclic amines) is 1. The minimum absolute atomic E-state index is 0.241. The zero-order chi connectivity index (χ0) is 27.2. The topological polar surface area (TPSA) is 101 Å².